The van der Waals surface area contributed by atoms with E-state index in [1.165, 1.54) is 0 Å². The summed E-state index contributed by atoms with van der Waals surface area (Å²) in [6.45, 7) is 2.57. The standard InChI is InChI=1S/C26H32N2O5/c1-3-4-16-28-23(29)15-14-21(25(28)20-12-8-9-13-22(20)32-2)26(31)27-17-24(30)33-18-19-10-6-5-7-11-19/h5-13,21,25H,3-4,14-18H2,1-2H3,(H,27,31). The normalized spacial score (nSPS) is 18.0. The fourth-order valence-electron chi connectivity index (χ4n) is 4.19. The van der Waals surface area contributed by atoms with Crippen molar-refractivity contribution < 1.29 is 23.9 Å². The minimum atomic E-state index is -0.504. The Morgan fingerprint density at radius 1 is 1.09 bits per heavy atom. The highest BCUT2D eigenvalue weighted by molar-refractivity contribution is 5.87. The maximum absolute atomic E-state index is 13.2. The van der Waals surface area contributed by atoms with Gasteiger partial charge in [0.15, 0.2) is 0 Å². The minimum absolute atomic E-state index is 0.0330. The molecule has 33 heavy (non-hydrogen) atoms. The van der Waals surface area contributed by atoms with Crippen LogP contribution in [0.3, 0.4) is 0 Å². The van der Waals surface area contributed by atoms with Gasteiger partial charge in [0.1, 0.15) is 18.9 Å². The fourth-order valence-corrected chi connectivity index (χ4v) is 4.19. The first-order valence-corrected chi connectivity index (χ1v) is 11.4. The molecule has 1 saturated heterocycles. The van der Waals surface area contributed by atoms with Crippen LogP contribution >= 0.6 is 0 Å². The topological polar surface area (TPSA) is 84.9 Å². The molecule has 0 spiro atoms. The van der Waals surface area contributed by atoms with Gasteiger partial charge >= 0.3 is 5.97 Å². The lowest BCUT2D eigenvalue weighted by molar-refractivity contribution is -0.148. The van der Waals surface area contributed by atoms with Gasteiger partial charge in [-0.05, 0) is 24.5 Å². The summed E-state index contributed by atoms with van der Waals surface area (Å²) in [4.78, 5) is 40.0. The Labute approximate surface area is 195 Å². The molecule has 0 radical (unpaired) electrons. The van der Waals surface area contributed by atoms with Crippen molar-refractivity contribution in [2.45, 2.75) is 45.3 Å². The van der Waals surface area contributed by atoms with Gasteiger partial charge in [-0.15, -0.1) is 0 Å². The second-order valence-corrected chi connectivity index (χ2v) is 8.14. The number of para-hydroxylation sites is 1. The molecule has 0 saturated carbocycles. The molecule has 1 aliphatic rings. The van der Waals surface area contributed by atoms with E-state index in [1.807, 2.05) is 54.6 Å². The smallest absolute Gasteiger partial charge is 0.325 e. The van der Waals surface area contributed by atoms with E-state index in [4.69, 9.17) is 9.47 Å². The number of amides is 2. The van der Waals surface area contributed by atoms with Gasteiger partial charge < -0.3 is 19.7 Å². The van der Waals surface area contributed by atoms with Crippen molar-refractivity contribution in [1.29, 1.82) is 0 Å². The molecule has 1 N–H and O–H groups in total. The Balaban J connectivity index is 1.72. The van der Waals surface area contributed by atoms with Crippen LogP contribution in [-0.4, -0.2) is 42.9 Å². The van der Waals surface area contributed by atoms with Crippen LogP contribution in [0.2, 0.25) is 0 Å². The molecule has 2 atom stereocenters. The number of carbonyl (C=O) groups excluding carboxylic acids is 3. The van der Waals surface area contributed by atoms with Gasteiger partial charge in [-0.25, -0.2) is 0 Å². The number of nitrogens with zero attached hydrogens (tertiary/aromatic N) is 1. The van der Waals surface area contributed by atoms with Crippen LogP contribution in [0, 0.1) is 5.92 Å². The highest BCUT2D eigenvalue weighted by Gasteiger charge is 2.41. The molecule has 2 amide bonds. The van der Waals surface area contributed by atoms with E-state index in [9.17, 15) is 14.4 Å². The van der Waals surface area contributed by atoms with Crippen LogP contribution in [0.25, 0.3) is 0 Å². The molecule has 2 aromatic carbocycles. The Kier molecular flexibility index (Phi) is 8.87. The number of benzene rings is 2. The third kappa shape index (κ3) is 6.34. The zero-order valence-electron chi connectivity index (χ0n) is 19.3. The zero-order chi connectivity index (χ0) is 23.6. The first-order valence-electron chi connectivity index (χ1n) is 11.4. The van der Waals surface area contributed by atoms with Crippen LogP contribution in [-0.2, 0) is 25.7 Å². The molecule has 7 heteroatoms. The lowest BCUT2D eigenvalue weighted by Gasteiger charge is -2.41. The molecule has 7 nitrogen and oxygen atoms in total. The number of unbranched alkanes of at least 4 members (excludes halogenated alkanes) is 1. The SMILES string of the molecule is CCCCN1C(=O)CCC(C(=O)NCC(=O)OCc2ccccc2)C1c1ccccc1OC. The third-order valence-corrected chi connectivity index (χ3v) is 5.90. The van der Waals surface area contributed by atoms with Crippen molar-refractivity contribution in [3.8, 4) is 5.75 Å². The Morgan fingerprint density at radius 2 is 1.82 bits per heavy atom. The number of hydrogen-bond donors (Lipinski definition) is 1. The number of methoxy groups -OCH3 is 1. The van der Waals surface area contributed by atoms with Gasteiger partial charge in [-0.2, -0.15) is 0 Å². The predicted molar refractivity (Wildman–Crippen MR) is 124 cm³/mol. The summed E-state index contributed by atoms with van der Waals surface area (Å²) in [5.41, 5.74) is 1.68. The average molecular weight is 453 g/mol. The molecular weight excluding hydrogens is 420 g/mol. The van der Waals surface area contributed by atoms with Gasteiger partial charge in [0.2, 0.25) is 11.8 Å². The van der Waals surface area contributed by atoms with Gasteiger partial charge in [0.25, 0.3) is 0 Å². The predicted octanol–water partition coefficient (Wildman–Crippen LogP) is 3.63. The second kappa shape index (κ2) is 12.0. The van der Waals surface area contributed by atoms with Crippen molar-refractivity contribution in [1.82, 2.24) is 10.2 Å². The minimum Gasteiger partial charge on any atom is -0.496 e. The lowest BCUT2D eigenvalue weighted by atomic mass is 9.83. The van der Waals surface area contributed by atoms with Gasteiger partial charge in [-0.3, -0.25) is 14.4 Å². The summed E-state index contributed by atoms with van der Waals surface area (Å²) in [6, 6.07) is 16.4. The highest BCUT2D eigenvalue weighted by atomic mass is 16.5. The number of nitrogens with one attached hydrogen (secondary N) is 1. The van der Waals surface area contributed by atoms with Crippen molar-refractivity contribution in [3.63, 3.8) is 0 Å². The first kappa shape index (κ1) is 24.3. The summed E-state index contributed by atoms with van der Waals surface area (Å²) >= 11 is 0. The molecule has 3 rings (SSSR count). The van der Waals surface area contributed by atoms with Crippen molar-refractivity contribution in [2.75, 3.05) is 20.2 Å². The first-order chi connectivity index (χ1) is 16.0. The molecule has 176 valence electrons. The molecule has 0 aliphatic carbocycles. The number of ether oxygens (including phenoxy) is 2. The van der Waals surface area contributed by atoms with E-state index < -0.39 is 17.9 Å². The van der Waals surface area contributed by atoms with E-state index in [-0.39, 0.29) is 25.0 Å². The van der Waals surface area contributed by atoms with Crippen LogP contribution in [0.5, 0.6) is 5.75 Å². The Bertz CT molecular complexity index is 947. The van der Waals surface area contributed by atoms with Crippen LogP contribution in [0.15, 0.2) is 54.6 Å². The number of esters is 1. The van der Waals surface area contributed by atoms with Crippen LogP contribution < -0.4 is 10.1 Å². The van der Waals surface area contributed by atoms with Crippen molar-refractivity contribution >= 4 is 17.8 Å². The summed E-state index contributed by atoms with van der Waals surface area (Å²) in [6.07, 6.45) is 2.49. The summed E-state index contributed by atoms with van der Waals surface area (Å²) in [5, 5.41) is 2.72. The molecular formula is C26H32N2O5. The monoisotopic (exact) mass is 452 g/mol. The van der Waals surface area contributed by atoms with Crippen molar-refractivity contribution in [2.24, 2.45) is 5.92 Å². The molecule has 0 aromatic heterocycles. The summed E-state index contributed by atoms with van der Waals surface area (Å²) < 4.78 is 10.8. The molecule has 2 aromatic rings. The molecule has 1 heterocycles. The second-order valence-electron chi connectivity index (χ2n) is 8.14. The van der Waals surface area contributed by atoms with Gasteiger partial charge in [0.05, 0.1) is 19.1 Å². The number of carbonyl (C=O) groups is 3. The molecule has 1 aliphatic heterocycles. The fraction of sp³-hybridized carbons (Fsp3) is 0.423. The maximum atomic E-state index is 13.2. The van der Waals surface area contributed by atoms with E-state index in [1.54, 1.807) is 12.0 Å². The Hall–Kier alpha value is -3.35. The van der Waals surface area contributed by atoms with Crippen LogP contribution in [0.4, 0.5) is 0 Å². The van der Waals surface area contributed by atoms with E-state index in [2.05, 4.69) is 12.2 Å². The number of likely N-dealkylation sites (tertiary alicyclic amines) is 1. The molecule has 2 unspecified atom stereocenters. The van der Waals surface area contributed by atoms with E-state index in [0.29, 0.717) is 25.1 Å². The summed E-state index contributed by atoms with van der Waals surface area (Å²) in [5.74, 6) is -0.588. The quantitative estimate of drug-likeness (QED) is 0.557. The molecule has 0 bridgehead atoms. The van der Waals surface area contributed by atoms with E-state index >= 15 is 0 Å². The third-order valence-electron chi connectivity index (χ3n) is 5.90. The summed E-state index contributed by atoms with van der Waals surface area (Å²) in [7, 11) is 1.58. The highest BCUT2D eigenvalue weighted by Crippen LogP contribution is 2.40. The number of hydrogen-bond acceptors (Lipinski definition) is 5. The average Bonchev–Trinajstić information content (AvgIpc) is 2.85. The zero-order valence-corrected chi connectivity index (χ0v) is 19.3. The van der Waals surface area contributed by atoms with Crippen LogP contribution in [0.1, 0.15) is 49.8 Å². The Morgan fingerprint density at radius 3 is 2.55 bits per heavy atom. The lowest BCUT2D eigenvalue weighted by Crippen LogP contribution is -2.49. The van der Waals surface area contributed by atoms with Gasteiger partial charge in [-0.1, -0.05) is 61.9 Å². The van der Waals surface area contributed by atoms with Crippen molar-refractivity contribution in [3.05, 3.63) is 65.7 Å². The van der Waals surface area contributed by atoms with E-state index in [0.717, 1.165) is 24.0 Å². The molecule has 1 fully saturated rings. The maximum Gasteiger partial charge on any atom is 0.325 e. The number of rotatable bonds is 10. The van der Waals surface area contributed by atoms with Gasteiger partial charge in [0, 0.05) is 18.5 Å². The number of piperidine rings is 1. The largest absolute Gasteiger partial charge is 0.496 e.